The molecule has 2 aromatic heterocycles. The Morgan fingerprint density at radius 1 is 0.900 bits per heavy atom. The number of rotatable bonds is 5. The standard InChI is InChI=1S/C26H28N4/c1-20-25(23-11-5-6-12-24(23)28-20)26(22-10-7-13-27-18-22)30-16-14-29(15-17-30)19-21-8-3-2-4-9-21/h2-13,18,26,28H,14-17,19H2,1H3. The summed E-state index contributed by atoms with van der Waals surface area (Å²) in [5.41, 5.74) is 6.50. The molecule has 1 saturated heterocycles. The number of piperazine rings is 1. The second kappa shape index (κ2) is 8.42. The van der Waals surface area contributed by atoms with Crippen LogP contribution in [-0.2, 0) is 6.54 Å². The Balaban J connectivity index is 1.43. The van der Waals surface area contributed by atoms with Gasteiger partial charge in [-0.25, -0.2) is 0 Å². The average Bonchev–Trinajstić information content (AvgIpc) is 3.12. The van der Waals surface area contributed by atoms with Crippen LogP contribution in [0.15, 0.2) is 79.1 Å². The molecule has 0 amide bonds. The number of nitrogens with zero attached hydrogens (tertiary/aromatic N) is 3. The molecule has 152 valence electrons. The third-order valence-electron chi connectivity index (χ3n) is 6.24. The molecule has 0 spiro atoms. The van der Waals surface area contributed by atoms with Crippen molar-refractivity contribution in [2.75, 3.05) is 26.2 Å². The highest BCUT2D eigenvalue weighted by molar-refractivity contribution is 5.85. The third kappa shape index (κ3) is 3.76. The smallest absolute Gasteiger partial charge is 0.0641 e. The van der Waals surface area contributed by atoms with E-state index < -0.39 is 0 Å². The van der Waals surface area contributed by atoms with Crippen LogP contribution in [0.3, 0.4) is 0 Å². The van der Waals surface area contributed by atoms with Gasteiger partial charge < -0.3 is 4.98 Å². The molecule has 1 N–H and O–H groups in total. The molecule has 4 aromatic rings. The molecule has 0 bridgehead atoms. The number of hydrogen-bond donors (Lipinski definition) is 1. The van der Waals surface area contributed by atoms with E-state index in [4.69, 9.17) is 0 Å². The normalized spacial score (nSPS) is 16.7. The van der Waals surface area contributed by atoms with Gasteiger partial charge in [0.15, 0.2) is 0 Å². The molecule has 2 aromatic carbocycles. The van der Waals surface area contributed by atoms with E-state index in [1.807, 2.05) is 12.4 Å². The summed E-state index contributed by atoms with van der Waals surface area (Å²) in [6, 6.07) is 23.9. The molecule has 5 rings (SSSR count). The van der Waals surface area contributed by atoms with Gasteiger partial charge >= 0.3 is 0 Å². The van der Waals surface area contributed by atoms with E-state index in [9.17, 15) is 0 Å². The van der Waals surface area contributed by atoms with Gasteiger partial charge in [0.2, 0.25) is 0 Å². The molecule has 3 heterocycles. The number of aromatic amines is 1. The first-order valence-electron chi connectivity index (χ1n) is 10.8. The van der Waals surface area contributed by atoms with Crippen molar-refractivity contribution < 1.29 is 0 Å². The van der Waals surface area contributed by atoms with Gasteiger partial charge in [-0.1, -0.05) is 54.6 Å². The lowest BCUT2D eigenvalue weighted by molar-refractivity contribution is 0.105. The zero-order valence-corrected chi connectivity index (χ0v) is 17.5. The highest BCUT2D eigenvalue weighted by Crippen LogP contribution is 2.36. The maximum absolute atomic E-state index is 4.44. The van der Waals surface area contributed by atoms with Crippen molar-refractivity contribution >= 4 is 10.9 Å². The minimum absolute atomic E-state index is 0.216. The summed E-state index contributed by atoms with van der Waals surface area (Å²) in [5.74, 6) is 0. The quantitative estimate of drug-likeness (QED) is 0.527. The fraction of sp³-hybridized carbons (Fsp3) is 0.269. The van der Waals surface area contributed by atoms with Crippen LogP contribution in [0.25, 0.3) is 10.9 Å². The Morgan fingerprint density at radius 2 is 1.67 bits per heavy atom. The summed E-state index contributed by atoms with van der Waals surface area (Å²) < 4.78 is 0. The van der Waals surface area contributed by atoms with Gasteiger partial charge in [0.05, 0.1) is 6.04 Å². The average molecular weight is 397 g/mol. The van der Waals surface area contributed by atoms with Crippen LogP contribution in [0.5, 0.6) is 0 Å². The molecular weight excluding hydrogens is 368 g/mol. The van der Waals surface area contributed by atoms with E-state index in [-0.39, 0.29) is 6.04 Å². The first kappa shape index (κ1) is 19.0. The van der Waals surface area contributed by atoms with Crippen molar-refractivity contribution in [2.24, 2.45) is 0 Å². The number of aryl methyl sites for hydroxylation is 1. The second-order valence-corrected chi connectivity index (χ2v) is 8.20. The fourth-order valence-corrected chi connectivity index (χ4v) is 4.77. The molecule has 1 fully saturated rings. The molecule has 1 unspecified atom stereocenters. The van der Waals surface area contributed by atoms with Gasteiger partial charge in [-0.15, -0.1) is 0 Å². The van der Waals surface area contributed by atoms with Gasteiger partial charge in [-0.3, -0.25) is 14.8 Å². The molecule has 0 radical (unpaired) electrons. The predicted octanol–water partition coefficient (Wildman–Crippen LogP) is 4.78. The topological polar surface area (TPSA) is 35.2 Å². The van der Waals surface area contributed by atoms with Gasteiger partial charge in [0, 0.05) is 67.3 Å². The zero-order chi connectivity index (χ0) is 20.3. The van der Waals surface area contributed by atoms with Crippen LogP contribution >= 0.6 is 0 Å². The monoisotopic (exact) mass is 396 g/mol. The van der Waals surface area contributed by atoms with Crippen LogP contribution < -0.4 is 0 Å². The lowest BCUT2D eigenvalue weighted by Gasteiger charge is -2.39. The Bertz CT molecular complexity index is 1100. The van der Waals surface area contributed by atoms with E-state index in [0.717, 1.165) is 32.7 Å². The molecule has 4 nitrogen and oxygen atoms in total. The first-order valence-corrected chi connectivity index (χ1v) is 10.8. The number of H-pyrrole nitrogens is 1. The van der Waals surface area contributed by atoms with Crippen molar-refractivity contribution in [2.45, 2.75) is 19.5 Å². The van der Waals surface area contributed by atoms with Crippen LogP contribution in [0.4, 0.5) is 0 Å². The summed E-state index contributed by atoms with van der Waals surface area (Å²) in [6.45, 7) is 7.47. The zero-order valence-electron chi connectivity index (χ0n) is 17.5. The Kier molecular flexibility index (Phi) is 5.35. The van der Waals surface area contributed by atoms with Gasteiger partial charge in [-0.05, 0) is 30.2 Å². The van der Waals surface area contributed by atoms with Crippen LogP contribution in [0.2, 0.25) is 0 Å². The van der Waals surface area contributed by atoms with Gasteiger partial charge in [0.25, 0.3) is 0 Å². The van der Waals surface area contributed by atoms with E-state index >= 15 is 0 Å². The molecule has 1 aliphatic heterocycles. The molecule has 4 heteroatoms. The largest absolute Gasteiger partial charge is 0.358 e. The number of benzene rings is 2. The molecule has 0 aliphatic carbocycles. The number of hydrogen-bond acceptors (Lipinski definition) is 3. The molecule has 1 aliphatic rings. The van der Waals surface area contributed by atoms with E-state index in [1.54, 1.807) is 0 Å². The molecule has 30 heavy (non-hydrogen) atoms. The number of nitrogens with one attached hydrogen (secondary N) is 1. The van der Waals surface area contributed by atoms with Crippen molar-refractivity contribution in [3.05, 3.63) is 102 Å². The van der Waals surface area contributed by atoms with Gasteiger partial charge in [0.1, 0.15) is 0 Å². The second-order valence-electron chi connectivity index (χ2n) is 8.20. The summed E-state index contributed by atoms with van der Waals surface area (Å²) in [5, 5.41) is 1.32. The SMILES string of the molecule is Cc1[nH]c2ccccc2c1C(c1cccnc1)N1CCN(Cc2ccccc2)CC1. The lowest BCUT2D eigenvalue weighted by Crippen LogP contribution is -2.47. The summed E-state index contributed by atoms with van der Waals surface area (Å²) >= 11 is 0. The van der Waals surface area contributed by atoms with Crippen LogP contribution in [0, 0.1) is 6.92 Å². The lowest BCUT2D eigenvalue weighted by atomic mass is 9.95. The summed E-state index contributed by atoms with van der Waals surface area (Å²) in [7, 11) is 0. The van der Waals surface area contributed by atoms with Crippen molar-refractivity contribution in [1.29, 1.82) is 0 Å². The van der Waals surface area contributed by atoms with Crippen molar-refractivity contribution in [3.63, 3.8) is 0 Å². The maximum Gasteiger partial charge on any atom is 0.0641 e. The Morgan fingerprint density at radius 3 is 2.43 bits per heavy atom. The number of aromatic nitrogens is 2. The van der Waals surface area contributed by atoms with E-state index in [0.29, 0.717) is 0 Å². The fourth-order valence-electron chi connectivity index (χ4n) is 4.77. The molecule has 0 saturated carbocycles. The molecular formula is C26H28N4. The number of pyridine rings is 1. The minimum Gasteiger partial charge on any atom is -0.358 e. The Hall–Kier alpha value is -2.95. The van der Waals surface area contributed by atoms with Crippen molar-refractivity contribution in [3.8, 4) is 0 Å². The van der Waals surface area contributed by atoms with E-state index in [2.05, 4.69) is 93.4 Å². The van der Waals surface area contributed by atoms with Crippen LogP contribution in [-0.4, -0.2) is 45.9 Å². The molecule has 1 atom stereocenters. The van der Waals surface area contributed by atoms with Crippen molar-refractivity contribution in [1.82, 2.24) is 19.8 Å². The van der Waals surface area contributed by atoms with Gasteiger partial charge in [-0.2, -0.15) is 0 Å². The maximum atomic E-state index is 4.44. The van der Waals surface area contributed by atoms with Crippen LogP contribution in [0.1, 0.15) is 28.4 Å². The third-order valence-corrected chi connectivity index (χ3v) is 6.24. The van der Waals surface area contributed by atoms with E-state index in [1.165, 1.54) is 33.3 Å². The summed E-state index contributed by atoms with van der Waals surface area (Å²) in [4.78, 5) is 13.2. The first-order chi connectivity index (χ1) is 14.8. The highest BCUT2D eigenvalue weighted by atomic mass is 15.3. The highest BCUT2D eigenvalue weighted by Gasteiger charge is 2.29. The number of fused-ring (bicyclic) bond motifs is 1. The number of para-hydroxylation sites is 1. The minimum atomic E-state index is 0.216. The summed E-state index contributed by atoms with van der Waals surface area (Å²) in [6.07, 6.45) is 3.89. The predicted molar refractivity (Wildman–Crippen MR) is 122 cm³/mol. The Labute approximate surface area is 178 Å².